The van der Waals surface area contributed by atoms with Crippen LogP contribution in [0.5, 0.6) is 5.75 Å². The van der Waals surface area contributed by atoms with E-state index < -0.39 is 0 Å². The molecule has 4 aromatic rings. The van der Waals surface area contributed by atoms with Gasteiger partial charge in [0, 0.05) is 28.7 Å². The monoisotopic (exact) mass is 402 g/mol. The summed E-state index contributed by atoms with van der Waals surface area (Å²) in [6.45, 7) is 0.443. The number of ether oxygens (including phenoxy) is 1. The number of pyridine rings is 1. The molecule has 1 aromatic carbocycles. The Kier molecular flexibility index (Phi) is 5.52. The maximum Gasteiger partial charge on any atom is 0.134 e. The maximum atomic E-state index is 9.57. The Bertz CT molecular complexity index is 1110. The summed E-state index contributed by atoms with van der Waals surface area (Å²) in [5.74, 6) is 0.762. The van der Waals surface area contributed by atoms with Crippen molar-refractivity contribution in [3.8, 4) is 23.1 Å². The van der Waals surface area contributed by atoms with Gasteiger partial charge in [0.15, 0.2) is 0 Å². The van der Waals surface area contributed by atoms with Crippen LogP contribution in [0, 0.1) is 11.3 Å². The van der Waals surface area contributed by atoms with Crippen LogP contribution in [0.4, 0.5) is 0 Å². The Labute approximate surface area is 170 Å². The van der Waals surface area contributed by atoms with Gasteiger partial charge in [-0.15, -0.1) is 22.7 Å². The molecule has 7 heteroatoms. The van der Waals surface area contributed by atoms with Gasteiger partial charge in [0.05, 0.1) is 22.5 Å². The van der Waals surface area contributed by atoms with E-state index in [0.29, 0.717) is 17.2 Å². The molecule has 5 nitrogen and oxygen atoms in total. The third kappa shape index (κ3) is 4.31. The predicted octanol–water partition coefficient (Wildman–Crippen LogP) is 5.30. The zero-order valence-corrected chi connectivity index (χ0v) is 16.3. The number of benzene rings is 1. The first kappa shape index (κ1) is 18.0. The average molecular weight is 403 g/mol. The van der Waals surface area contributed by atoms with Crippen molar-refractivity contribution in [1.29, 1.82) is 5.26 Å². The molecular formula is C21H14N4OS2. The molecule has 3 aromatic heterocycles. The van der Waals surface area contributed by atoms with Crippen LogP contribution in [0.25, 0.3) is 22.9 Å². The number of allylic oxidation sites excluding steroid dienone is 1. The van der Waals surface area contributed by atoms with Crippen molar-refractivity contribution in [3.63, 3.8) is 0 Å². The van der Waals surface area contributed by atoms with Crippen LogP contribution in [0.3, 0.4) is 0 Å². The van der Waals surface area contributed by atoms with Gasteiger partial charge in [-0.1, -0.05) is 12.1 Å². The van der Waals surface area contributed by atoms with Crippen LogP contribution in [0.1, 0.15) is 16.3 Å². The molecule has 0 unspecified atom stereocenters. The SMILES string of the molecule is N#CC(=Cc1ccc(OCc2cscn2)cc1)c1nc(-c2ccncc2)cs1. The van der Waals surface area contributed by atoms with Gasteiger partial charge >= 0.3 is 0 Å². The highest BCUT2D eigenvalue weighted by molar-refractivity contribution is 7.11. The Morgan fingerprint density at radius 1 is 1.11 bits per heavy atom. The van der Waals surface area contributed by atoms with Crippen LogP contribution in [0.15, 0.2) is 65.1 Å². The normalized spacial score (nSPS) is 11.2. The second kappa shape index (κ2) is 8.57. The van der Waals surface area contributed by atoms with Gasteiger partial charge in [0.2, 0.25) is 0 Å². The number of hydrogen-bond acceptors (Lipinski definition) is 7. The van der Waals surface area contributed by atoms with E-state index >= 15 is 0 Å². The molecule has 0 N–H and O–H groups in total. The second-order valence-corrected chi connectivity index (χ2v) is 7.36. The predicted molar refractivity (Wildman–Crippen MR) is 112 cm³/mol. The number of hydrogen-bond donors (Lipinski definition) is 0. The van der Waals surface area contributed by atoms with Crippen molar-refractivity contribution in [2.75, 3.05) is 0 Å². The molecule has 0 aliphatic heterocycles. The van der Waals surface area contributed by atoms with Gasteiger partial charge < -0.3 is 4.74 Å². The molecule has 0 atom stereocenters. The van der Waals surface area contributed by atoms with E-state index in [9.17, 15) is 5.26 Å². The number of rotatable bonds is 6. The Morgan fingerprint density at radius 3 is 2.64 bits per heavy atom. The summed E-state index contributed by atoms with van der Waals surface area (Å²) in [5.41, 5.74) is 5.97. The van der Waals surface area contributed by atoms with Gasteiger partial charge in [-0.2, -0.15) is 5.26 Å². The summed E-state index contributed by atoms with van der Waals surface area (Å²) in [6.07, 6.45) is 5.29. The molecular weight excluding hydrogens is 388 g/mol. The van der Waals surface area contributed by atoms with Crippen molar-refractivity contribution >= 4 is 34.3 Å². The van der Waals surface area contributed by atoms with Crippen LogP contribution in [-0.2, 0) is 6.61 Å². The van der Waals surface area contributed by atoms with Gasteiger partial charge in [-0.05, 0) is 35.9 Å². The lowest BCUT2D eigenvalue weighted by atomic mass is 10.1. The molecule has 0 spiro atoms. The third-order valence-electron chi connectivity index (χ3n) is 3.89. The molecule has 3 heterocycles. The van der Waals surface area contributed by atoms with E-state index in [2.05, 4.69) is 21.0 Å². The third-order valence-corrected chi connectivity index (χ3v) is 5.40. The van der Waals surface area contributed by atoms with Gasteiger partial charge in [-0.25, -0.2) is 9.97 Å². The van der Waals surface area contributed by atoms with E-state index in [0.717, 1.165) is 28.3 Å². The zero-order chi connectivity index (χ0) is 19.2. The van der Waals surface area contributed by atoms with E-state index in [1.54, 1.807) is 29.2 Å². The van der Waals surface area contributed by atoms with Crippen molar-refractivity contribution < 1.29 is 4.74 Å². The highest BCUT2D eigenvalue weighted by atomic mass is 32.1. The summed E-state index contributed by atoms with van der Waals surface area (Å²) < 4.78 is 5.72. The van der Waals surface area contributed by atoms with Crippen LogP contribution < -0.4 is 4.74 Å². The molecule has 0 aliphatic carbocycles. The summed E-state index contributed by atoms with van der Waals surface area (Å²) >= 11 is 3.00. The van der Waals surface area contributed by atoms with E-state index in [4.69, 9.17) is 4.74 Å². The minimum absolute atomic E-state index is 0.443. The Hall–Kier alpha value is -3.34. The molecule has 0 bridgehead atoms. The zero-order valence-electron chi connectivity index (χ0n) is 14.6. The van der Waals surface area contributed by atoms with E-state index in [1.807, 2.05) is 53.2 Å². The topological polar surface area (TPSA) is 71.7 Å². The molecule has 0 saturated carbocycles. The fourth-order valence-corrected chi connectivity index (χ4v) is 3.83. The van der Waals surface area contributed by atoms with Crippen LogP contribution in [0.2, 0.25) is 0 Å². The first-order valence-electron chi connectivity index (χ1n) is 8.40. The Balaban J connectivity index is 1.49. The average Bonchev–Trinajstić information content (AvgIpc) is 3.44. The number of aromatic nitrogens is 3. The minimum atomic E-state index is 0.443. The molecule has 0 amide bonds. The lowest BCUT2D eigenvalue weighted by molar-refractivity contribution is 0.302. The molecule has 0 fully saturated rings. The molecule has 0 saturated heterocycles. The smallest absolute Gasteiger partial charge is 0.134 e. The van der Waals surface area contributed by atoms with Gasteiger partial charge in [-0.3, -0.25) is 4.98 Å². The fraction of sp³-hybridized carbons (Fsp3) is 0.0476. The van der Waals surface area contributed by atoms with E-state index in [1.165, 1.54) is 11.3 Å². The molecule has 0 radical (unpaired) electrons. The molecule has 4 rings (SSSR count). The van der Waals surface area contributed by atoms with Gasteiger partial charge in [0.1, 0.15) is 23.4 Å². The summed E-state index contributed by atoms with van der Waals surface area (Å²) in [6, 6.07) is 13.7. The van der Waals surface area contributed by atoms with Crippen molar-refractivity contribution in [1.82, 2.24) is 15.0 Å². The standard InChI is InChI=1S/C21H14N4OS2/c22-10-17(21-25-20(13-28-21)16-5-7-23-8-6-16)9-15-1-3-19(4-2-15)26-11-18-12-27-14-24-18/h1-9,12-14H,11H2. The highest BCUT2D eigenvalue weighted by Crippen LogP contribution is 2.27. The number of nitrogens with zero attached hydrogens (tertiary/aromatic N) is 4. The number of nitriles is 1. The number of thiazole rings is 2. The lowest BCUT2D eigenvalue weighted by Crippen LogP contribution is -1.95. The lowest BCUT2D eigenvalue weighted by Gasteiger charge is -2.04. The summed E-state index contributed by atoms with van der Waals surface area (Å²) in [7, 11) is 0. The van der Waals surface area contributed by atoms with Crippen LogP contribution in [-0.4, -0.2) is 15.0 Å². The van der Waals surface area contributed by atoms with Crippen molar-refractivity contribution in [3.05, 3.63) is 81.3 Å². The first-order valence-corrected chi connectivity index (χ1v) is 10.2. The van der Waals surface area contributed by atoms with Crippen molar-refractivity contribution in [2.45, 2.75) is 6.61 Å². The fourth-order valence-electron chi connectivity index (χ4n) is 2.49. The first-order chi connectivity index (χ1) is 13.8. The molecule has 136 valence electrons. The van der Waals surface area contributed by atoms with Gasteiger partial charge in [0.25, 0.3) is 0 Å². The minimum Gasteiger partial charge on any atom is -0.487 e. The van der Waals surface area contributed by atoms with Crippen molar-refractivity contribution in [2.24, 2.45) is 0 Å². The van der Waals surface area contributed by atoms with E-state index in [-0.39, 0.29) is 0 Å². The molecule has 0 aliphatic rings. The molecule has 28 heavy (non-hydrogen) atoms. The quantitative estimate of drug-likeness (QED) is 0.409. The second-order valence-electron chi connectivity index (χ2n) is 5.78. The Morgan fingerprint density at radius 2 is 1.93 bits per heavy atom. The summed E-state index contributed by atoms with van der Waals surface area (Å²) in [5, 5.41) is 14.2. The maximum absolute atomic E-state index is 9.57. The highest BCUT2D eigenvalue weighted by Gasteiger charge is 2.09. The summed E-state index contributed by atoms with van der Waals surface area (Å²) in [4.78, 5) is 12.8. The largest absolute Gasteiger partial charge is 0.487 e. The van der Waals surface area contributed by atoms with Crippen LogP contribution >= 0.6 is 22.7 Å².